The lowest BCUT2D eigenvalue weighted by molar-refractivity contribution is -0.292. The number of alkyl halides is 3. The minimum atomic E-state index is -5.26. The molecule has 4 N–H and O–H groups in total. The van der Waals surface area contributed by atoms with Gasteiger partial charge in [0.2, 0.25) is 5.75 Å². The van der Waals surface area contributed by atoms with Crippen molar-refractivity contribution in [1.82, 2.24) is 10.6 Å². The Labute approximate surface area is 163 Å². The molecule has 1 aliphatic rings. The molecule has 0 saturated carbocycles. The first kappa shape index (κ1) is 21.8. The number of halogens is 3. The van der Waals surface area contributed by atoms with Crippen LogP contribution in [-0.4, -0.2) is 54.0 Å². The molecule has 0 amide bonds. The SMILES string of the molecule is CCOC(=O)[C@H]1[C@H](c2cc(OC)c(O)c(OC)c2)NC(=S)N[C@@]1(O)C(F)(F)F. The van der Waals surface area contributed by atoms with Gasteiger partial charge in [-0.1, -0.05) is 0 Å². The quantitative estimate of drug-likeness (QED) is 0.411. The number of carbonyl (C=O) groups excluding carboxylic acids is 1. The van der Waals surface area contributed by atoms with E-state index in [1.807, 2.05) is 0 Å². The number of ether oxygens (including phenoxy) is 3. The van der Waals surface area contributed by atoms with Gasteiger partial charge in [0.05, 0.1) is 26.9 Å². The second kappa shape index (κ2) is 7.87. The van der Waals surface area contributed by atoms with Gasteiger partial charge in [0.15, 0.2) is 16.6 Å². The Morgan fingerprint density at radius 1 is 1.29 bits per heavy atom. The fourth-order valence-electron chi connectivity index (χ4n) is 2.91. The molecule has 0 radical (unpaired) electrons. The normalized spacial score (nSPS) is 24.8. The molecule has 0 unspecified atom stereocenters. The molecule has 1 heterocycles. The highest BCUT2D eigenvalue weighted by atomic mass is 32.1. The molecular weight excluding hydrogens is 405 g/mol. The maximum Gasteiger partial charge on any atom is 0.437 e. The molecule has 0 aromatic heterocycles. The number of methoxy groups -OCH3 is 2. The number of aromatic hydroxyl groups is 1. The van der Waals surface area contributed by atoms with Gasteiger partial charge in [-0.2, -0.15) is 13.2 Å². The number of nitrogens with one attached hydrogen (secondary N) is 2. The first-order chi connectivity index (χ1) is 13.0. The molecule has 1 aliphatic heterocycles. The van der Waals surface area contributed by atoms with Gasteiger partial charge in [-0.25, -0.2) is 0 Å². The van der Waals surface area contributed by atoms with Gasteiger partial charge in [-0.15, -0.1) is 0 Å². The van der Waals surface area contributed by atoms with Crippen LogP contribution in [-0.2, 0) is 9.53 Å². The van der Waals surface area contributed by atoms with E-state index in [4.69, 9.17) is 26.4 Å². The van der Waals surface area contributed by atoms with E-state index in [0.717, 1.165) is 0 Å². The maximum absolute atomic E-state index is 13.7. The van der Waals surface area contributed by atoms with Crippen LogP contribution in [0.1, 0.15) is 18.5 Å². The molecule has 1 aromatic rings. The third-order valence-corrected chi connectivity index (χ3v) is 4.43. The minimum Gasteiger partial charge on any atom is -0.502 e. The number of hydrogen-bond donors (Lipinski definition) is 4. The average molecular weight is 424 g/mol. The number of carbonyl (C=O) groups is 1. The monoisotopic (exact) mass is 424 g/mol. The van der Waals surface area contributed by atoms with Crippen molar-refractivity contribution in [3.8, 4) is 17.2 Å². The Bertz CT molecular complexity index is 750. The number of thiocarbonyl (C=S) groups is 1. The van der Waals surface area contributed by atoms with Crippen molar-refractivity contribution in [3.05, 3.63) is 17.7 Å². The number of benzene rings is 1. The van der Waals surface area contributed by atoms with E-state index in [-0.39, 0.29) is 29.4 Å². The van der Waals surface area contributed by atoms with Crippen molar-refractivity contribution in [3.63, 3.8) is 0 Å². The van der Waals surface area contributed by atoms with E-state index in [1.54, 1.807) is 5.32 Å². The van der Waals surface area contributed by atoms with Crippen molar-refractivity contribution in [2.45, 2.75) is 24.9 Å². The Balaban J connectivity index is 2.68. The predicted octanol–water partition coefficient (Wildman–Crippen LogP) is 1.36. The molecular formula is C16H19F3N2O6S. The number of aliphatic hydroxyl groups is 1. The summed E-state index contributed by atoms with van der Waals surface area (Å²) >= 11 is 4.81. The van der Waals surface area contributed by atoms with Gasteiger partial charge in [0.1, 0.15) is 5.92 Å². The number of esters is 1. The molecule has 0 bridgehead atoms. The Kier molecular flexibility index (Phi) is 6.14. The summed E-state index contributed by atoms with van der Waals surface area (Å²) in [7, 11) is 2.46. The third-order valence-electron chi connectivity index (χ3n) is 4.21. The van der Waals surface area contributed by atoms with Crippen LogP contribution in [0.2, 0.25) is 0 Å². The number of phenols is 1. The summed E-state index contributed by atoms with van der Waals surface area (Å²) in [5.41, 5.74) is -3.65. The van der Waals surface area contributed by atoms with E-state index in [1.165, 1.54) is 33.3 Å². The highest BCUT2D eigenvalue weighted by Crippen LogP contribution is 2.46. The van der Waals surface area contributed by atoms with Crippen molar-refractivity contribution < 1.29 is 42.4 Å². The minimum absolute atomic E-state index is 0.0380. The van der Waals surface area contributed by atoms with Crippen LogP contribution in [0.4, 0.5) is 13.2 Å². The van der Waals surface area contributed by atoms with Gasteiger partial charge in [0, 0.05) is 0 Å². The molecule has 12 heteroatoms. The fourth-order valence-corrected chi connectivity index (χ4v) is 3.19. The Hall–Kier alpha value is -2.47. The fraction of sp³-hybridized carbons (Fsp3) is 0.500. The van der Waals surface area contributed by atoms with Crippen LogP contribution >= 0.6 is 12.2 Å². The zero-order valence-corrected chi connectivity index (χ0v) is 15.9. The molecule has 1 aromatic carbocycles. The lowest BCUT2D eigenvalue weighted by atomic mass is 9.82. The van der Waals surface area contributed by atoms with Gasteiger partial charge < -0.3 is 35.1 Å². The number of rotatable bonds is 5. The summed E-state index contributed by atoms with van der Waals surface area (Å²) < 4.78 is 55.9. The van der Waals surface area contributed by atoms with Crippen molar-refractivity contribution in [1.29, 1.82) is 0 Å². The molecule has 1 saturated heterocycles. The summed E-state index contributed by atoms with van der Waals surface area (Å²) in [4.78, 5) is 12.4. The van der Waals surface area contributed by atoms with Gasteiger partial charge in [-0.3, -0.25) is 4.79 Å². The third kappa shape index (κ3) is 3.74. The molecule has 2 rings (SSSR count). The van der Waals surface area contributed by atoms with Crippen LogP contribution in [0.25, 0.3) is 0 Å². The average Bonchev–Trinajstić information content (AvgIpc) is 2.60. The summed E-state index contributed by atoms with van der Waals surface area (Å²) in [6.45, 7) is 1.21. The highest BCUT2D eigenvalue weighted by molar-refractivity contribution is 7.80. The molecule has 0 aliphatic carbocycles. The zero-order chi connectivity index (χ0) is 21.3. The maximum atomic E-state index is 13.7. The molecule has 8 nitrogen and oxygen atoms in total. The van der Waals surface area contributed by atoms with Crippen LogP contribution in [0.3, 0.4) is 0 Å². The molecule has 156 valence electrons. The van der Waals surface area contributed by atoms with Gasteiger partial charge in [-0.05, 0) is 36.8 Å². The van der Waals surface area contributed by atoms with Crippen LogP contribution in [0.15, 0.2) is 12.1 Å². The van der Waals surface area contributed by atoms with E-state index in [0.29, 0.717) is 0 Å². The summed E-state index contributed by atoms with van der Waals surface area (Å²) in [5.74, 6) is -4.08. The largest absolute Gasteiger partial charge is 0.502 e. The smallest absolute Gasteiger partial charge is 0.437 e. The van der Waals surface area contributed by atoms with Crippen molar-refractivity contribution >= 4 is 23.3 Å². The molecule has 28 heavy (non-hydrogen) atoms. The van der Waals surface area contributed by atoms with Gasteiger partial charge >= 0.3 is 12.1 Å². The molecule has 1 fully saturated rings. The predicted molar refractivity (Wildman–Crippen MR) is 93.9 cm³/mol. The van der Waals surface area contributed by atoms with E-state index >= 15 is 0 Å². The molecule has 3 atom stereocenters. The number of hydrogen-bond acceptors (Lipinski definition) is 7. The molecule has 0 spiro atoms. The second-order valence-electron chi connectivity index (χ2n) is 5.84. The van der Waals surface area contributed by atoms with E-state index in [9.17, 15) is 28.2 Å². The standard InChI is InChI=1S/C16H19F3N2O6S/c1-4-27-13(23)10-11(20-14(28)21-15(10,24)16(17,18)19)7-5-8(25-2)12(22)9(6-7)26-3/h5-6,10-11,22,24H,4H2,1-3H3,(H2,20,21,28)/t10-,11+,15+/m1/s1. The van der Waals surface area contributed by atoms with E-state index in [2.05, 4.69) is 5.32 Å². The van der Waals surface area contributed by atoms with Crippen LogP contribution < -0.4 is 20.1 Å². The summed E-state index contributed by atoms with van der Waals surface area (Å²) in [6, 6.07) is 0.932. The highest BCUT2D eigenvalue weighted by Gasteiger charge is 2.66. The Morgan fingerprint density at radius 3 is 2.25 bits per heavy atom. The zero-order valence-electron chi connectivity index (χ0n) is 15.1. The van der Waals surface area contributed by atoms with Crippen molar-refractivity contribution in [2.75, 3.05) is 20.8 Å². The summed E-state index contributed by atoms with van der Waals surface area (Å²) in [5, 5.41) is 24.2. The van der Waals surface area contributed by atoms with Gasteiger partial charge in [0.25, 0.3) is 5.72 Å². The van der Waals surface area contributed by atoms with Crippen LogP contribution in [0.5, 0.6) is 17.2 Å². The topological polar surface area (TPSA) is 109 Å². The van der Waals surface area contributed by atoms with E-state index < -0.39 is 34.9 Å². The lowest BCUT2D eigenvalue weighted by Gasteiger charge is -2.45. The first-order valence-corrected chi connectivity index (χ1v) is 8.40. The number of phenolic OH excluding ortho intramolecular Hbond substituents is 1. The second-order valence-corrected chi connectivity index (χ2v) is 6.25. The lowest BCUT2D eigenvalue weighted by Crippen LogP contribution is -2.73. The summed E-state index contributed by atoms with van der Waals surface area (Å²) in [6.07, 6.45) is -5.26. The van der Waals surface area contributed by atoms with Crippen LogP contribution in [0, 0.1) is 5.92 Å². The Morgan fingerprint density at radius 2 is 1.82 bits per heavy atom. The van der Waals surface area contributed by atoms with Crippen molar-refractivity contribution in [2.24, 2.45) is 5.92 Å². The first-order valence-electron chi connectivity index (χ1n) is 7.99.